The van der Waals surface area contributed by atoms with Gasteiger partial charge < -0.3 is 5.32 Å². The number of halogens is 1. The zero-order valence-corrected chi connectivity index (χ0v) is 11.1. The Morgan fingerprint density at radius 3 is 2.89 bits per heavy atom. The van der Waals surface area contributed by atoms with E-state index in [4.69, 9.17) is 11.6 Å². The Kier molecular flexibility index (Phi) is 4.10. The first-order valence-electron chi connectivity index (χ1n) is 5.88. The predicted molar refractivity (Wildman–Crippen MR) is 72.7 cm³/mol. The second kappa shape index (κ2) is 5.78. The summed E-state index contributed by atoms with van der Waals surface area (Å²) >= 11 is 6.06. The first-order chi connectivity index (χ1) is 8.72. The molecule has 0 saturated heterocycles. The van der Waals surface area contributed by atoms with Gasteiger partial charge in [-0.25, -0.2) is 9.97 Å². The lowest BCUT2D eigenvalue weighted by Crippen LogP contribution is -2.10. The molecule has 0 aliphatic heterocycles. The lowest BCUT2D eigenvalue weighted by molar-refractivity contribution is 0.855. The molecular weight excluding hydrogens is 248 g/mol. The van der Waals surface area contributed by atoms with Crippen molar-refractivity contribution in [1.29, 1.82) is 0 Å². The van der Waals surface area contributed by atoms with Gasteiger partial charge in [0.25, 0.3) is 0 Å². The fourth-order valence-electron chi connectivity index (χ4n) is 1.75. The van der Waals surface area contributed by atoms with E-state index in [0.717, 1.165) is 23.4 Å². The highest BCUT2D eigenvalue weighted by molar-refractivity contribution is 6.30. The number of pyridine rings is 1. The van der Waals surface area contributed by atoms with Crippen LogP contribution in [0.1, 0.15) is 31.0 Å². The zero-order chi connectivity index (χ0) is 13.0. The number of nitrogens with one attached hydrogen (secondary N) is 1. The van der Waals surface area contributed by atoms with Crippen molar-refractivity contribution in [2.45, 2.75) is 26.3 Å². The molecule has 1 atom stereocenters. The Hall–Kier alpha value is -1.68. The molecule has 1 unspecified atom stereocenters. The predicted octanol–water partition coefficient (Wildman–Crippen LogP) is 3.26. The number of hydrogen-bond donors (Lipinski definition) is 1. The Morgan fingerprint density at radius 2 is 2.22 bits per heavy atom. The molecule has 2 aromatic rings. The third-order valence-electron chi connectivity index (χ3n) is 2.78. The van der Waals surface area contributed by atoms with Gasteiger partial charge in [-0.15, -0.1) is 0 Å². The smallest absolute Gasteiger partial charge is 0.137 e. The van der Waals surface area contributed by atoms with Crippen molar-refractivity contribution in [2.24, 2.45) is 0 Å². The van der Waals surface area contributed by atoms with Gasteiger partial charge >= 0.3 is 0 Å². The van der Waals surface area contributed by atoms with Gasteiger partial charge in [0.05, 0.1) is 6.04 Å². The van der Waals surface area contributed by atoms with E-state index in [0.29, 0.717) is 5.15 Å². The van der Waals surface area contributed by atoms with Crippen LogP contribution in [0.4, 0.5) is 5.82 Å². The Morgan fingerprint density at radius 1 is 1.39 bits per heavy atom. The fourth-order valence-corrected chi connectivity index (χ4v) is 2.02. The van der Waals surface area contributed by atoms with Crippen LogP contribution in [-0.2, 0) is 6.42 Å². The summed E-state index contributed by atoms with van der Waals surface area (Å²) in [4.78, 5) is 12.4. The molecule has 18 heavy (non-hydrogen) atoms. The van der Waals surface area contributed by atoms with Gasteiger partial charge in [0, 0.05) is 18.0 Å². The minimum Gasteiger partial charge on any atom is -0.363 e. The quantitative estimate of drug-likeness (QED) is 0.860. The minimum absolute atomic E-state index is 0.120. The SMILES string of the molecule is CCc1c(Cl)ncnc1NC(C)c1cccnc1. The molecule has 5 heteroatoms. The summed E-state index contributed by atoms with van der Waals surface area (Å²) in [6.45, 7) is 4.09. The van der Waals surface area contributed by atoms with Crippen LogP contribution in [0.25, 0.3) is 0 Å². The topological polar surface area (TPSA) is 50.7 Å². The van der Waals surface area contributed by atoms with Crippen molar-refractivity contribution < 1.29 is 0 Å². The third-order valence-corrected chi connectivity index (χ3v) is 3.11. The van der Waals surface area contributed by atoms with Crippen LogP contribution in [0.5, 0.6) is 0 Å². The van der Waals surface area contributed by atoms with E-state index in [9.17, 15) is 0 Å². The van der Waals surface area contributed by atoms with Crippen LogP contribution in [-0.4, -0.2) is 15.0 Å². The van der Waals surface area contributed by atoms with Crippen LogP contribution < -0.4 is 5.32 Å². The fraction of sp³-hybridized carbons (Fsp3) is 0.308. The van der Waals surface area contributed by atoms with Crippen LogP contribution in [0.2, 0.25) is 5.15 Å². The summed E-state index contributed by atoms with van der Waals surface area (Å²) in [7, 11) is 0. The lowest BCUT2D eigenvalue weighted by Gasteiger charge is -2.16. The van der Waals surface area contributed by atoms with E-state index in [1.54, 1.807) is 6.20 Å². The number of rotatable bonds is 4. The van der Waals surface area contributed by atoms with E-state index in [1.807, 2.05) is 25.3 Å². The summed E-state index contributed by atoms with van der Waals surface area (Å²) in [6.07, 6.45) is 5.86. The monoisotopic (exact) mass is 262 g/mol. The first kappa shape index (κ1) is 12.8. The maximum absolute atomic E-state index is 6.06. The second-order valence-electron chi connectivity index (χ2n) is 4.00. The molecule has 0 fully saturated rings. The summed E-state index contributed by atoms with van der Waals surface area (Å²) in [6, 6.07) is 4.07. The van der Waals surface area contributed by atoms with Crippen molar-refractivity contribution in [3.8, 4) is 0 Å². The maximum atomic E-state index is 6.06. The largest absolute Gasteiger partial charge is 0.363 e. The van der Waals surface area contributed by atoms with Gasteiger partial charge in [-0.2, -0.15) is 0 Å². The van der Waals surface area contributed by atoms with Crippen molar-refractivity contribution in [1.82, 2.24) is 15.0 Å². The van der Waals surface area contributed by atoms with Crippen LogP contribution >= 0.6 is 11.6 Å². The number of hydrogen-bond acceptors (Lipinski definition) is 4. The molecule has 0 aromatic carbocycles. The summed E-state index contributed by atoms with van der Waals surface area (Å²) in [5.41, 5.74) is 2.05. The number of anilines is 1. The number of aromatic nitrogens is 3. The van der Waals surface area contributed by atoms with E-state index in [2.05, 4.69) is 27.2 Å². The summed E-state index contributed by atoms with van der Waals surface area (Å²) < 4.78 is 0. The third kappa shape index (κ3) is 2.76. The molecule has 1 N–H and O–H groups in total. The van der Waals surface area contributed by atoms with E-state index < -0.39 is 0 Å². The molecule has 2 aromatic heterocycles. The minimum atomic E-state index is 0.120. The van der Waals surface area contributed by atoms with Crippen molar-refractivity contribution in [2.75, 3.05) is 5.32 Å². The Bertz CT molecular complexity index is 516. The van der Waals surface area contributed by atoms with E-state index in [-0.39, 0.29) is 6.04 Å². The molecule has 4 nitrogen and oxygen atoms in total. The molecule has 0 radical (unpaired) electrons. The van der Waals surface area contributed by atoms with Gasteiger partial charge in [-0.1, -0.05) is 24.6 Å². The highest BCUT2D eigenvalue weighted by Crippen LogP contribution is 2.24. The van der Waals surface area contributed by atoms with E-state index >= 15 is 0 Å². The molecule has 0 aliphatic rings. The molecule has 0 amide bonds. The van der Waals surface area contributed by atoms with Gasteiger partial charge in [0.2, 0.25) is 0 Å². The van der Waals surface area contributed by atoms with Crippen molar-refractivity contribution in [3.05, 3.63) is 47.1 Å². The molecule has 2 heterocycles. The Labute approximate surface area is 111 Å². The number of nitrogens with zero attached hydrogens (tertiary/aromatic N) is 3. The van der Waals surface area contributed by atoms with Gasteiger partial charge in [-0.05, 0) is 25.0 Å². The normalized spacial score (nSPS) is 12.2. The highest BCUT2D eigenvalue weighted by atomic mass is 35.5. The molecular formula is C13H15ClN4. The molecule has 0 aliphatic carbocycles. The summed E-state index contributed by atoms with van der Waals surface area (Å²) in [5, 5.41) is 3.85. The van der Waals surface area contributed by atoms with Gasteiger partial charge in [-0.3, -0.25) is 4.98 Å². The molecule has 0 saturated carbocycles. The van der Waals surface area contributed by atoms with Crippen molar-refractivity contribution >= 4 is 17.4 Å². The zero-order valence-electron chi connectivity index (χ0n) is 10.4. The maximum Gasteiger partial charge on any atom is 0.137 e. The standard InChI is InChI=1S/C13H15ClN4/c1-3-11-12(14)16-8-17-13(11)18-9(2)10-5-4-6-15-7-10/h4-9H,3H2,1-2H3,(H,16,17,18). The Balaban J connectivity index is 2.22. The van der Waals surface area contributed by atoms with Gasteiger partial charge in [0.1, 0.15) is 17.3 Å². The van der Waals surface area contributed by atoms with Crippen molar-refractivity contribution in [3.63, 3.8) is 0 Å². The second-order valence-corrected chi connectivity index (χ2v) is 4.36. The van der Waals surface area contributed by atoms with Crippen LogP contribution in [0, 0.1) is 0 Å². The van der Waals surface area contributed by atoms with Crippen LogP contribution in [0.3, 0.4) is 0 Å². The molecule has 0 bridgehead atoms. The highest BCUT2D eigenvalue weighted by Gasteiger charge is 2.11. The summed E-state index contributed by atoms with van der Waals surface area (Å²) in [5.74, 6) is 0.786. The lowest BCUT2D eigenvalue weighted by atomic mass is 10.1. The van der Waals surface area contributed by atoms with Crippen LogP contribution in [0.15, 0.2) is 30.9 Å². The molecule has 0 spiro atoms. The van der Waals surface area contributed by atoms with Gasteiger partial charge in [0.15, 0.2) is 0 Å². The van der Waals surface area contributed by atoms with E-state index in [1.165, 1.54) is 6.33 Å². The average molecular weight is 263 g/mol. The first-order valence-corrected chi connectivity index (χ1v) is 6.26. The molecule has 94 valence electrons. The average Bonchev–Trinajstić information content (AvgIpc) is 2.40. The molecule has 2 rings (SSSR count).